The predicted molar refractivity (Wildman–Crippen MR) is 72.4 cm³/mol. The van der Waals surface area contributed by atoms with E-state index in [4.69, 9.17) is 16.9 Å². The van der Waals surface area contributed by atoms with Crippen molar-refractivity contribution in [2.75, 3.05) is 0 Å². The van der Waals surface area contributed by atoms with E-state index in [1.165, 1.54) is 24.3 Å². The topological polar surface area (TPSA) is 61.1 Å². The second-order valence-electron chi connectivity index (χ2n) is 4.19. The van der Waals surface area contributed by atoms with Crippen LogP contribution in [0.4, 0.5) is 0 Å². The lowest BCUT2D eigenvalue weighted by molar-refractivity contribution is 0.103. The van der Waals surface area contributed by atoms with E-state index >= 15 is 0 Å². The maximum Gasteiger partial charge on any atom is 0.196 e. The quantitative estimate of drug-likeness (QED) is 0.851. The molecule has 0 radical (unpaired) electrons. The van der Waals surface area contributed by atoms with Crippen LogP contribution in [-0.4, -0.2) is 10.9 Å². The molecule has 0 aromatic heterocycles. The molecule has 0 amide bonds. The average Bonchev–Trinajstić information content (AvgIpc) is 2.40. The largest absolute Gasteiger partial charge is 0.507 e. The lowest BCUT2D eigenvalue weighted by atomic mass is 9.99. The Morgan fingerprint density at radius 1 is 1.26 bits per heavy atom. The number of aryl methyl sites for hydroxylation is 1. The molecule has 0 spiro atoms. The van der Waals surface area contributed by atoms with Gasteiger partial charge in [-0.05, 0) is 48.9 Å². The number of aromatic hydroxyl groups is 1. The fraction of sp³-hybridized carbons (Fsp3) is 0.0667. The molecule has 0 aliphatic rings. The summed E-state index contributed by atoms with van der Waals surface area (Å²) in [5.74, 6) is -0.491. The van der Waals surface area contributed by atoms with Crippen LogP contribution in [0.1, 0.15) is 27.0 Å². The van der Waals surface area contributed by atoms with Crippen molar-refractivity contribution in [3.8, 4) is 11.8 Å². The zero-order chi connectivity index (χ0) is 14.0. The second kappa shape index (κ2) is 5.13. The minimum absolute atomic E-state index is 0.127. The number of nitrogens with zero attached hydrogens (tertiary/aromatic N) is 1. The fourth-order valence-electron chi connectivity index (χ4n) is 1.82. The molecular weight excluding hydrogens is 262 g/mol. The van der Waals surface area contributed by atoms with E-state index < -0.39 is 0 Å². The van der Waals surface area contributed by atoms with E-state index in [1.807, 2.05) is 6.07 Å². The second-order valence-corrected chi connectivity index (χ2v) is 4.63. The molecule has 0 aliphatic carbocycles. The lowest BCUT2D eigenvalue weighted by Crippen LogP contribution is -2.03. The molecular formula is C15H10ClNO2. The Morgan fingerprint density at radius 2 is 2.00 bits per heavy atom. The van der Waals surface area contributed by atoms with Crippen molar-refractivity contribution < 1.29 is 9.90 Å². The molecule has 0 fully saturated rings. The van der Waals surface area contributed by atoms with Gasteiger partial charge in [-0.2, -0.15) is 5.26 Å². The maximum atomic E-state index is 12.3. The van der Waals surface area contributed by atoms with Crippen molar-refractivity contribution in [2.45, 2.75) is 6.92 Å². The predicted octanol–water partition coefficient (Wildman–Crippen LogP) is 3.46. The van der Waals surface area contributed by atoms with Gasteiger partial charge in [-0.25, -0.2) is 0 Å². The molecule has 0 aliphatic heterocycles. The summed E-state index contributed by atoms with van der Waals surface area (Å²) in [6.45, 7) is 1.80. The monoisotopic (exact) mass is 271 g/mol. The molecule has 3 nitrogen and oxygen atoms in total. The Kier molecular flexibility index (Phi) is 3.55. The first-order valence-electron chi connectivity index (χ1n) is 5.56. The van der Waals surface area contributed by atoms with Crippen LogP contribution in [0.15, 0.2) is 36.4 Å². The molecule has 0 bridgehead atoms. The maximum absolute atomic E-state index is 12.3. The average molecular weight is 272 g/mol. The number of nitriles is 1. The first kappa shape index (κ1) is 13.1. The van der Waals surface area contributed by atoms with Gasteiger partial charge in [0.15, 0.2) is 5.78 Å². The summed E-state index contributed by atoms with van der Waals surface area (Å²) >= 11 is 5.82. The number of rotatable bonds is 2. The summed E-state index contributed by atoms with van der Waals surface area (Å²) in [5.41, 5.74) is 1.70. The summed E-state index contributed by atoms with van der Waals surface area (Å²) in [6.07, 6.45) is 0. The third-order valence-corrected chi connectivity index (χ3v) is 2.91. The minimum atomic E-state index is -0.361. The molecule has 0 saturated carbocycles. The highest BCUT2D eigenvalue weighted by Gasteiger charge is 2.15. The summed E-state index contributed by atoms with van der Waals surface area (Å²) in [7, 11) is 0. The molecule has 2 aromatic rings. The van der Waals surface area contributed by atoms with Gasteiger partial charge in [-0.15, -0.1) is 0 Å². The van der Waals surface area contributed by atoms with E-state index in [1.54, 1.807) is 19.1 Å². The molecule has 0 saturated heterocycles. The highest BCUT2D eigenvalue weighted by atomic mass is 35.5. The summed E-state index contributed by atoms with van der Waals surface area (Å²) in [6, 6.07) is 11.1. The Morgan fingerprint density at radius 3 is 2.68 bits per heavy atom. The van der Waals surface area contributed by atoms with Crippen molar-refractivity contribution in [1.82, 2.24) is 0 Å². The van der Waals surface area contributed by atoms with Gasteiger partial charge in [0, 0.05) is 10.6 Å². The number of halogens is 1. The molecule has 0 atom stereocenters. The van der Waals surface area contributed by atoms with Gasteiger partial charge in [0.2, 0.25) is 0 Å². The summed E-state index contributed by atoms with van der Waals surface area (Å²) in [4.78, 5) is 12.3. The van der Waals surface area contributed by atoms with Gasteiger partial charge in [0.05, 0.1) is 17.2 Å². The number of phenols is 1. The van der Waals surface area contributed by atoms with Crippen LogP contribution in [0.25, 0.3) is 0 Å². The smallest absolute Gasteiger partial charge is 0.196 e. The molecule has 2 rings (SSSR count). The Labute approximate surface area is 115 Å². The molecule has 94 valence electrons. The van der Waals surface area contributed by atoms with Gasteiger partial charge >= 0.3 is 0 Å². The van der Waals surface area contributed by atoms with Crippen LogP contribution < -0.4 is 0 Å². The van der Waals surface area contributed by atoms with E-state index in [9.17, 15) is 9.90 Å². The van der Waals surface area contributed by atoms with Gasteiger partial charge in [-0.1, -0.05) is 11.6 Å². The van der Waals surface area contributed by atoms with Crippen molar-refractivity contribution in [3.63, 3.8) is 0 Å². The standard InChI is InChI=1S/C15H10ClNO2/c1-9-4-10(8-17)6-11(5-9)15(19)13-7-12(16)2-3-14(13)18/h2-7,18H,1H3. The van der Waals surface area contributed by atoms with Gasteiger partial charge < -0.3 is 5.11 Å². The van der Waals surface area contributed by atoms with Crippen LogP contribution in [0.3, 0.4) is 0 Å². The van der Waals surface area contributed by atoms with Crippen molar-refractivity contribution in [3.05, 3.63) is 63.7 Å². The lowest BCUT2D eigenvalue weighted by Gasteiger charge is -2.06. The number of benzene rings is 2. The molecule has 1 N–H and O–H groups in total. The number of carbonyl (C=O) groups excluding carboxylic acids is 1. The zero-order valence-corrected chi connectivity index (χ0v) is 10.9. The van der Waals surface area contributed by atoms with Crippen LogP contribution >= 0.6 is 11.6 Å². The van der Waals surface area contributed by atoms with Crippen LogP contribution in [0.2, 0.25) is 5.02 Å². The third kappa shape index (κ3) is 2.75. The first-order chi connectivity index (χ1) is 9.01. The highest BCUT2D eigenvalue weighted by Crippen LogP contribution is 2.25. The first-order valence-corrected chi connectivity index (χ1v) is 5.94. The van der Waals surface area contributed by atoms with Gasteiger partial charge in [0.1, 0.15) is 5.75 Å². The zero-order valence-electron chi connectivity index (χ0n) is 10.1. The van der Waals surface area contributed by atoms with Crippen molar-refractivity contribution in [2.24, 2.45) is 0 Å². The van der Waals surface area contributed by atoms with E-state index in [0.717, 1.165) is 5.56 Å². The van der Waals surface area contributed by atoms with Crippen LogP contribution in [-0.2, 0) is 0 Å². The Balaban J connectivity index is 2.53. The summed E-state index contributed by atoms with van der Waals surface area (Å²) < 4.78 is 0. The molecule has 19 heavy (non-hydrogen) atoms. The van der Waals surface area contributed by atoms with Crippen LogP contribution in [0.5, 0.6) is 5.75 Å². The molecule has 0 heterocycles. The SMILES string of the molecule is Cc1cc(C#N)cc(C(=O)c2cc(Cl)ccc2O)c1. The number of phenolic OH excluding ortho intramolecular Hbond substituents is 1. The van der Waals surface area contributed by atoms with Crippen molar-refractivity contribution in [1.29, 1.82) is 5.26 Å². The Bertz CT molecular complexity index is 702. The van der Waals surface area contributed by atoms with E-state index in [2.05, 4.69) is 0 Å². The van der Waals surface area contributed by atoms with E-state index in [0.29, 0.717) is 16.1 Å². The number of carbonyl (C=O) groups is 1. The van der Waals surface area contributed by atoms with E-state index in [-0.39, 0.29) is 17.1 Å². The highest BCUT2D eigenvalue weighted by molar-refractivity contribution is 6.31. The van der Waals surface area contributed by atoms with Crippen molar-refractivity contribution >= 4 is 17.4 Å². The number of hydrogen-bond donors (Lipinski definition) is 1. The number of ketones is 1. The minimum Gasteiger partial charge on any atom is -0.507 e. The summed E-state index contributed by atoms with van der Waals surface area (Å²) in [5, 5.41) is 19.0. The third-order valence-electron chi connectivity index (χ3n) is 2.67. The Hall–Kier alpha value is -2.31. The molecule has 4 heteroatoms. The van der Waals surface area contributed by atoms with Gasteiger partial charge in [0.25, 0.3) is 0 Å². The van der Waals surface area contributed by atoms with Gasteiger partial charge in [-0.3, -0.25) is 4.79 Å². The molecule has 2 aromatic carbocycles. The van der Waals surface area contributed by atoms with Crippen LogP contribution in [0, 0.1) is 18.3 Å². The number of hydrogen-bond acceptors (Lipinski definition) is 3. The normalized spacial score (nSPS) is 9.95. The fourth-order valence-corrected chi connectivity index (χ4v) is 2.00. The molecule has 0 unspecified atom stereocenters.